The third kappa shape index (κ3) is 5.29. The monoisotopic (exact) mass is 316 g/mol. The van der Waals surface area contributed by atoms with Gasteiger partial charge in [0.25, 0.3) is 0 Å². The van der Waals surface area contributed by atoms with Crippen LogP contribution in [0.25, 0.3) is 0 Å². The van der Waals surface area contributed by atoms with E-state index in [1.54, 1.807) is 25.6 Å². The summed E-state index contributed by atoms with van der Waals surface area (Å²) in [5.74, 6) is 1.62. The van der Waals surface area contributed by atoms with Crippen molar-refractivity contribution in [1.29, 1.82) is 0 Å². The highest BCUT2D eigenvalue weighted by Crippen LogP contribution is 2.21. The number of hydrogen-bond donors (Lipinski definition) is 2. The Balaban J connectivity index is 2.50. The molecule has 2 N–H and O–H groups in total. The Kier molecular flexibility index (Phi) is 7.13. The Morgan fingerprint density at radius 1 is 1.48 bits per heavy atom. The molecule has 1 heterocycles. The first-order chi connectivity index (χ1) is 9.86. The summed E-state index contributed by atoms with van der Waals surface area (Å²) in [6, 6.07) is 0. The van der Waals surface area contributed by atoms with Gasteiger partial charge in [0.2, 0.25) is 0 Å². The predicted molar refractivity (Wildman–Crippen MR) is 84.8 cm³/mol. The van der Waals surface area contributed by atoms with Gasteiger partial charge in [-0.2, -0.15) is 16.9 Å². The first-order valence-electron chi connectivity index (χ1n) is 6.92. The molecule has 0 radical (unpaired) electrons. The number of nitro groups is 1. The second-order valence-electron chi connectivity index (χ2n) is 5.33. The Hall–Kier alpha value is -1.12. The zero-order valence-electron chi connectivity index (χ0n) is 13.0. The summed E-state index contributed by atoms with van der Waals surface area (Å²) in [7, 11) is 0. The van der Waals surface area contributed by atoms with Crippen molar-refractivity contribution >= 4 is 17.4 Å². The standard InChI is InChI=1S/C13H24N4O3S/c1-9(8-21-4)5-14-6-12(18)7-16-11(3)13(17(19)20)10(2)15-16/h9,12,14,18H,5-8H2,1-4H3. The van der Waals surface area contributed by atoms with Gasteiger partial charge in [0.05, 0.1) is 17.6 Å². The van der Waals surface area contributed by atoms with Crippen molar-refractivity contribution < 1.29 is 10.0 Å². The number of aromatic nitrogens is 2. The average molecular weight is 316 g/mol. The fourth-order valence-electron chi connectivity index (χ4n) is 2.23. The van der Waals surface area contributed by atoms with Gasteiger partial charge in [-0.1, -0.05) is 6.92 Å². The summed E-state index contributed by atoms with van der Waals surface area (Å²) in [5, 5.41) is 28.3. The maximum absolute atomic E-state index is 10.9. The lowest BCUT2D eigenvalue weighted by molar-refractivity contribution is -0.386. The fourth-order valence-corrected chi connectivity index (χ4v) is 2.92. The topological polar surface area (TPSA) is 93.2 Å². The van der Waals surface area contributed by atoms with E-state index in [0.29, 0.717) is 23.9 Å². The molecule has 2 unspecified atom stereocenters. The highest BCUT2D eigenvalue weighted by molar-refractivity contribution is 7.98. The molecule has 0 amide bonds. The number of aliphatic hydroxyl groups excluding tert-OH is 1. The van der Waals surface area contributed by atoms with Gasteiger partial charge >= 0.3 is 5.69 Å². The summed E-state index contributed by atoms with van der Waals surface area (Å²) in [4.78, 5) is 10.5. The van der Waals surface area contributed by atoms with Crippen molar-refractivity contribution in [1.82, 2.24) is 15.1 Å². The Labute approximate surface area is 129 Å². The minimum absolute atomic E-state index is 0.0313. The first kappa shape index (κ1) is 17.9. The third-order valence-corrected chi connectivity index (χ3v) is 4.14. The van der Waals surface area contributed by atoms with Gasteiger partial charge in [-0.05, 0) is 38.3 Å². The normalized spacial score (nSPS) is 14.1. The molecule has 0 saturated carbocycles. The molecule has 1 aromatic rings. The Morgan fingerprint density at radius 2 is 2.14 bits per heavy atom. The van der Waals surface area contributed by atoms with Gasteiger partial charge in [0.1, 0.15) is 11.4 Å². The molecule has 7 nitrogen and oxygen atoms in total. The van der Waals surface area contributed by atoms with Crippen molar-refractivity contribution in [3.05, 3.63) is 21.5 Å². The van der Waals surface area contributed by atoms with Crippen LogP contribution in [-0.2, 0) is 6.54 Å². The molecule has 0 bridgehead atoms. The third-order valence-electron chi connectivity index (χ3n) is 3.23. The van der Waals surface area contributed by atoms with Gasteiger partial charge in [-0.3, -0.25) is 14.8 Å². The number of hydrogen-bond acceptors (Lipinski definition) is 6. The number of nitrogens with one attached hydrogen (secondary N) is 1. The van der Waals surface area contributed by atoms with Crippen molar-refractivity contribution in [3.8, 4) is 0 Å². The van der Waals surface area contributed by atoms with Gasteiger partial charge < -0.3 is 10.4 Å². The summed E-state index contributed by atoms with van der Waals surface area (Å²) >= 11 is 1.80. The lowest BCUT2D eigenvalue weighted by atomic mass is 10.2. The van der Waals surface area contributed by atoms with E-state index in [4.69, 9.17) is 0 Å². The summed E-state index contributed by atoms with van der Waals surface area (Å²) in [6.07, 6.45) is 1.45. The maximum Gasteiger partial charge on any atom is 0.312 e. The number of rotatable bonds is 9. The lowest BCUT2D eigenvalue weighted by Crippen LogP contribution is -2.33. The molecule has 0 aliphatic carbocycles. The molecule has 0 saturated heterocycles. The van der Waals surface area contributed by atoms with Crippen molar-refractivity contribution in [2.75, 3.05) is 25.1 Å². The zero-order chi connectivity index (χ0) is 16.0. The molecule has 0 fully saturated rings. The summed E-state index contributed by atoms with van der Waals surface area (Å²) < 4.78 is 1.51. The maximum atomic E-state index is 10.9. The molecule has 8 heteroatoms. The van der Waals surface area contributed by atoms with Crippen LogP contribution in [-0.4, -0.2) is 51.0 Å². The molecule has 0 aliphatic rings. The van der Waals surface area contributed by atoms with E-state index < -0.39 is 11.0 Å². The molecule has 1 rings (SSSR count). The number of thioether (sulfide) groups is 1. The van der Waals surface area contributed by atoms with Crippen LogP contribution in [0.3, 0.4) is 0 Å². The van der Waals surface area contributed by atoms with E-state index in [-0.39, 0.29) is 12.2 Å². The fraction of sp³-hybridized carbons (Fsp3) is 0.769. The molecule has 21 heavy (non-hydrogen) atoms. The van der Waals surface area contributed by atoms with E-state index in [2.05, 4.69) is 23.6 Å². The first-order valence-corrected chi connectivity index (χ1v) is 8.32. The van der Waals surface area contributed by atoms with Crippen molar-refractivity contribution in [2.24, 2.45) is 5.92 Å². The van der Waals surface area contributed by atoms with Crippen LogP contribution in [0.15, 0.2) is 0 Å². The molecule has 0 spiro atoms. The van der Waals surface area contributed by atoms with Crippen LogP contribution in [0.2, 0.25) is 0 Å². The molecule has 0 aliphatic heterocycles. The SMILES string of the molecule is CSCC(C)CNCC(O)Cn1nc(C)c([N+](=O)[O-])c1C. The molecule has 120 valence electrons. The number of aryl methyl sites for hydroxylation is 1. The van der Waals surface area contributed by atoms with Crippen LogP contribution < -0.4 is 5.32 Å². The van der Waals surface area contributed by atoms with Gasteiger partial charge in [0, 0.05) is 6.54 Å². The van der Waals surface area contributed by atoms with Crippen LogP contribution in [0.5, 0.6) is 0 Å². The van der Waals surface area contributed by atoms with Gasteiger partial charge in [-0.25, -0.2) is 0 Å². The van der Waals surface area contributed by atoms with E-state index in [0.717, 1.165) is 12.3 Å². The minimum Gasteiger partial charge on any atom is -0.390 e. The Bertz CT molecular complexity index is 478. The largest absolute Gasteiger partial charge is 0.390 e. The number of aliphatic hydroxyl groups is 1. The van der Waals surface area contributed by atoms with Gasteiger partial charge in [0.15, 0.2) is 0 Å². The van der Waals surface area contributed by atoms with E-state index in [1.165, 1.54) is 4.68 Å². The average Bonchev–Trinajstić information content (AvgIpc) is 2.64. The van der Waals surface area contributed by atoms with E-state index >= 15 is 0 Å². The van der Waals surface area contributed by atoms with Crippen LogP contribution in [0, 0.1) is 29.9 Å². The Morgan fingerprint density at radius 3 is 2.67 bits per heavy atom. The zero-order valence-corrected chi connectivity index (χ0v) is 13.8. The predicted octanol–water partition coefficient (Wildman–Crippen LogP) is 1.36. The minimum atomic E-state index is -0.621. The molecular formula is C13H24N4O3S. The lowest BCUT2D eigenvalue weighted by Gasteiger charge is -2.15. The molecule has 0 aromatic carbocycles. The number of nitrogens with zero attached hydrogens (tertiary/aromatic N) is 3. The smallest absolute Gasteiger partial charge is 0.312 e. The van der Waals surface area contributed by atoms with Gasteiger partial charge in [-0.15, -0.1) is 0 Å². The second kappa shape index (κ2) is 8.35. The molecule has 1 aromatic heterocycles. The quantitative estimate of drug-likeness (QED) is 0.528. The summed E-state index contributed by atoms with van der Waals surface area (Å²) in [5.41, 5.74) is 0.891. The molecular weight excluding hydrogens is 292 g/mol. The molecule has 2 atom stereocenters. The van der Waals surface area contributed by atoms with Crippen LogP contribution in [0.1, 0.15) is 18.3 Å². The van der Waals surface area contributed by atoms with Crippen LogP contribution in [0.4, 0.5) is 5.69 Å². The highest BCUT2D eigenvalue weighted by Gasteiger charge is 2.22. The van der Waals surface area contributed by atoms with Crippen molar-refractivity contribution in [3.63, 3.8) is 0 Å². The summed E-state index contributed by atoms with van der Waals surface area (Å²) in [6.45, 7) is 6.96. The van der Waals surface area contributed by atoms with E-state index in [9.17, 15) is 15.2 Å². The second-order valence-corrected chi connectivity index (χ2v) is 6.24. The highest BCUT2D eigenvalue weighted by atomic mass is 32.2. The van der Waals surface area contributed by atoms with Crippen molar-refractivity contribution in [2.45, 2.75) is 33.4 Å². The van der Waals surface area contributed by atoms with E-state index in [1.807, 2.05) is 0 Å². The van der Waals surface area contributed by atoms with Crippen LogP contribution >= 0.6 is 11.8 Å².